The Morgan fingerprint density at radius 3 is 3.04 bits per heavy atom. The summed E-state index contributed by atoms with van der Waals surface area (Å²) < 4.78 is 7.92. The Bertz CT molecular complexity index is 1100. The number of hydrogen-bond donors (Lipinski definition) is 1. The van der Waals surface area contributed by atoms with Crippen molar-refractivity contribution in [3.05, 3.63) is 82.5 Å². The smallest absolute Gasteiger partial charge is 0.192 e. The van der Waals surface area contributed by atoms with Crippen LogP contribution in [-0.4, -0.2) is 9.55 Å². The van der Waals surface area contributed by atoms with Gasteiger partial charge >= 0.3 is 0 Å². The van der Waals surface area contributed by atoms with E-state index < -0.39 is 0 Å². The molecule has 0 amide bonds. The lowest BCUT2D eigenvalue weighted by Crippen LogP contribution is -2.21. The second kappa shape index (κ2) is 5.48. The highest BCUT2D eigenvalue weighted by Crippen LogP contribution is 2.34. The number of aryl methyl sites for hydroxylation is 1. The molecule has 0 saturated carbocycles. The standard InChI is InChI=1S/C20H16ClN3O/c1-12-23-16-8-7-13(10-19(16)25-12)20-18-6-3-9-24(18)17-5-2-4-15(21)14(17)11-22-20/h2-10,20,22H,11H2,1H3. The summed E-state index contributed by atoms with van der Waals surface area (Å²) >= 11 is 6.45. The quantitative estimate of drug-likeness (QED) is 0.538. The van der Waals surface area contributed by atoms with Crippen LogP contribution in [0.1, 0.15) is 28.8 Å². The van der Waals surface area contributed by atoms with E-state index in [1.165, 1.54) is 5.69 Å². The molecule has 0 spiro atoms. The third-order valence-electron chi connectivity index (χ3n) is 4.77. The van der Waals surface area contributed by atoms with E-state index in [9.17, 15) is 0 Å². The maximum Gasteiger partial charge on any atom is 0.192 e. The predicted octanol–water partition coefficient (Wildman–Crippen LogP) is 4.77. The van der Waals surface area contributed by atoms with Crippen LogP contribution < -0.4 is 5.32 Å². The lowest BCUT2D eigenvalue weighted by atomic mass is 10.0. The first-order chi connectivity index (χ1) is 12.2. The SMILES string of the molecule is Cc1nc2ccc(C3NCc4c(Cl)cccc4-n4cccc43)cc2o1. The molecule has 0 aliphatic carbocycles. The first kappa shape index (κ1) is 14.8. The highest BCUT2D eigenvalue weighted by atomic mass is 35.5. The number of oxazole rings is 1. The van der Waals surface area contributed by atoms with E-state index in [1.807, 2.05) is 25.1 Å². The van der Waals surface area contributed by atoms with Crippen LogP contribution in [0.25, 0.3) is 16.8 Å². The lowest BCUT2D eigenvalue weighted by molar-refractivity contribution is 0.558. The van der Waals surface area contributed by atoms with E-state index in [1.54, 1.807) is 0 Å². The van der Waals surface area contributed by atoms with Crippen molar-refractivity contribution in [3.63, 3.8) is 0 Å². The fraction of sp³-hybridized carbons (Fsp3) is 0.150. The van der Waals surface area contributed by atoms with Crippen LogP contribution in [0.3, 0.4) is 0 Å². The molecule has 0 saturated heterocycles. The summed E-state index contributed by atoms with van der Waals surface area (Å²) in [4.78, 5) is 4.39. The molecule has 0 fully saturated rings. The number of aromatic nitrogens is 2. The Labute approximate surface area is 150 Å². The monoisotopic (exact) mass is 349 g/mol. The minimum atomic E-state index is 0.0493. The zero-order valence-electron chi connectivity index (χ0n) is 13.7. The van der Waals surface area contributed by atoms with Gasteiger partial charge in [0, 0.05) is 35.9 Å². The van der Waals surface area contributed by atoms with Crippen LogP contribution >= 0.6 is 11.6 Å². The van der Waals surface area contributed by atoms with Crippen LogP contribution in [0.4, 0.5) is 0 Å². The van der Waals surface area contributed by atoms with Gasteiger partial charge in [-0.25, -0.2) is 4.98 Å². The zero-order valence-corrected chi connectivity index (χ0v) is 14.4. The number of hydrogen-bond acceptors (Lipinski definition) is 3. The fourth-order valence-electron chi connectivity index (χ4n) is 3.63. The third kappa shape index (κ3) is 2.29. The van der Waals surface area contributed by atoms with Crippen molar-refractivity contribution >= 4 is 22.7 Å². The van der Waals surface area contributed by atoms with E-state index in [0.29, 0.717) is 12.4 Å². The van der Waals surface area contributed by atoms with Gasteiger partial charge in [-0.3, -0.25) is 0 Å². The largest absolute Gasteiger partial charge is 0.441 e. The van der Waals surface area contributed by atoms with E-state index in [0.717, 1.165) is 32.9 Å². The number of benzene rings is 2. The Kier molecular flexibility index (Phi) is 3.23. The molecule has 25 heavy (non-hydrogen) atoms. The van der Waals surface area contributed by atoms with Gasteiger partial charge in [0.25, 0.3) is 0 Å². The minimum absolute atomic E-state index is 0.0493. The molecular formula is C20H16ClN3O. The molecule has 5 rings (SSSR count). The predicted molar refractivity (Wildman–Crippen MR) is 98.2 cm³/mol. The van der Waals surface area contributed by atoms with Crippen molar-refractivity contribution in [1.82, 2.24) is 14.9 Å². The van der Waals surface area contributed by atoms with Crippen LogP contribution in [-0.2, 0) is 6.54 Å². The van der Waals surface area contributed by atoms with Gasteiger partial charge in [-0.15, -0.1) is 0 Å². The topological polar surface area (TPSA) is 43.0 Å². The molecule has 4 aromatic rings. The van der Waals surface area contributed by atoms with E-state index in [4.69, 9.17) is 16.0 Å². The number of rotatable bonds is 1. The summed E-state index contributed by atoms with van der Waals surface area (Å²) in [6.45, 7) is 2.57. The van der Waals surface area contributed by atoms with E-state index in [2.05, 4.69) is 51.4 Å². The number of fused-ring (bicyclic) bond motifs is 4. The van der Waals surface area contributed by atoms with Gasteiger partial charge < -0.3 is 14.3 Å². The molecule has 0 radical (unpaired) electrons. The Morgan fingerprint density at radius 2 is 2.12 bits per heavy atom. The first-order valence-electron chi connectivity index (χ1n) is 8.26. The van der Waals surface area contributed by atoms with Crippen LogP contribution in [0.2, 0.25) is 5.02 Å². The zero-order chi connectivity index (χ0) is 17.0. The molecule has 1 unspecified atom stereocenters. The average Bonchev–Trinajstić information content (AvgIpc) is 3.18. The van der Waals surface area contributed by atoms with E-state index >= 15 is 0 Å². The molecule has 5 heteroatoms. The number of nitrogens with zero attached hydrogens (tertiary/aromatic N) is 2. The van der Waals surface area contributed by atoms with Gasteiger partial charge in [0.15, 0.2) is 11.5 Å². The molecule has 3 heterocycles. The Hall–Kier alpha value is -2.56. The Balaban J connectivity index is 1.67. The molecular weight excluding hydrogens is 334 g/mol. The van der Waals surface area contributed by atoms with Crippen molar-refractivity contribution < 1.29 is 4.42 Å². The van der Waals surface area contributed by atoms with Crippen molar-refractivity contribution in [2.45, 2.75) is 19.5 Å². The van der Waals surface area contributed by atoms with Crippen LogP contribution in [0.5, 0.6) is 0 Å². The molecule has 1 atom stereocenters. The van der Waals surface area contributed by atoms with Crippen LogP contribution in [0, 0.1) is 6.92 Å². The first-order valence-corrected chi connectivity index (χ1v) is 8.64. The molecule has 4 nitrogen and oxygen atoms in total. The van der Waals surface area contributed by atoms with Crippen molar-refractivity contribution in [2.24, 2.45) is 0 Å². The highest BCUT2D eigenvalue weighted by molar-refractivity contribution is 6.31. The Morgan fingerprint density at radius 1 is 1.20 bits per heavy atom. The lowest BCUT2D eigenvalue weighted by Gasteiger charge is -2.18. The highest BCUT2D eigenvalue weighted by Gasteiger charge is 2.24. The summed E-state index contributed by atoms with van der Waals surface area (Å²) in [6, 6.07) is 16.5. The van der Waals surface area contributed by atoms with E-state index in [-0.39, 0.29) is 6.04 Å². The summed E-state index contributed by atoms with van der Waals surface area (Å²) in [5.41, 5.74) is 6.26. The molecule has 124 valence electrons. The third-order valence-corrected chi connectivity index (χ3v) is 5.12. The van der Waals surface area contributed by atoms with Crippen molar-refractivity contribution in [1.29, 1.82) is 0 Å². The van der Waals surface area contributed by atoms with Gasteiger partial charge in [-0.05, 0) is 42.0 Å². The van der Waals surface area contributed by atoms with Gasteiger partial charge in [-0.2, -0.15) is 0 Å². The second-order valence-corrected chi connectivity index (χ2v) is 6.72. The molecule has 2 aromatic heterocycles. The maximum atomic E-state index is 6.45. The minimum Gasteiger partial charge on any atom is -0.441 e. The van der Waals surface area contributed by atoms with Crippen molar-refractivity contribution in [3.8, 4) is 5.69 Å². The summed E-state index contributed by atoms with van der Waals surface area (Å²) in [6.07, 6.45) is 2.08. The normalized spacial score (nSPS) is 16.5. The summed E-state index contributed by atoms with van der Waals surface area (Å²) in [5, 5.41) is 4.43. The summed E-state index contributed by atoms with van der Waals surface area (Å²) in [7, 11) is 0. The van der Waals surface area contributed by atoms with Gasteiger partial charge in [0.1, 0.15) is 5.52 Å². The number of nitrogens with one attached hydrogen (secondary N) is 1. The number of halogens is 1. The van der Waals surface area contributed by atoms with Crippen molar-refractivity contribution in [2.75, 3.05) is 0 Å². The average molecular weight is 350 g/mol. The molecule has 1 aliphatic heterocycles. The molecule has 0 bridgehead atoms. The van der Waals surface area contributed by atoms with Gasteiger partial charge in [0.05, 0.1) is 11.7 Å². The second-order valence-electron chi connectivity index (χ2n) is 6.31. The molecule has 1 N–H and O–H groups in total. The fourth-order valence-corrected chi connectivity index (χ4v) is 3.87. The van der Waals surface area contributed by atoms with Gasteiger partial charge in [-0.1, -0.05) is 23.7 Å². The maximum absolute atomic E-state index is 6.45. The molecule has 2 aromatic carbocycles. The summed E-state index contributed by atoms with van der Waals surface area (Å²) in [5.74, 6) is 0.684. The van der Waals surface area contributed by atoms with Crippen LogP contribution in [0.15, 0.2) is 59.1 Å². The molecule has 1 aliphatic rings. The van der Waals surface area contributed by atoms with Gasteiger partial charge in [0.2, 0.25) is 0 Å².